The number of benzene rings is 1. The number of carbonyl (C=O) groups excluding carboxylic acids is 1. The summed E-state index contributed by atoms with van der Waals surface area (Å²) in [4.78, 5) is 14.8. The number of primary amides is 1. The molecule has 6 heteroatoms. The van der Waals surface area contributed by atoms with Crippen LogP contribution in [0.2, 0.25) is 0 Å². The SMILES string of the molecule is Cc1ccc(Nc2nc(O)c(C(N)=O)s2)cc1. The average Bonchev–Trinajstić information content (AvgIpc) is 2.63. The van der Waals surface area contributed by atoms with Gasteiger partial charge in [0.05, 0.1) is 0 Å². The smallest absolute Gasteiger partial charge is 0.264 e. The number of amides is 1. The Morgan fingerprint density at radius 1 is 1.41 bits per heavy atom. The average molecular weight is 249 g/mol. The van der Waals surface area contributed by atoms with Crippen LogP contribution < -0.4 is 11.1 Å². The quantitative estimate of drug-likeness (QED) is 0.776. The monoisotopic (exact) mass is 249 g/mol. The maximum Gasteiger partial charge on any atom is 0.264 e. The molecule has 88 valence electrons. The van der Waals surface area contributed by atoms with Crippen molar-refractivity contribution in [3.05, 3.63) is 34.7 Å². The molecule has 5 nitrogen and oxygen atoms in total. The lowest BCUT2D eigenvalue weighted by molar-refractivity contribution is 0.100. The van der Waals surface area contributed by atoms with Crippen LogP contribution in [0.3, 0.4) is 0 Å². The van der Waals surface area contributed by atoms with Gasteiger partial charge in [0.2, 0.25) is 5.88 Å². The molecule has 4 N–H and O–H groups in total. The van der Waals surface area contributed by atoms with Crippen molar-refractivity contribution in [3.63, 3.8) is 0 Å². The van der Waals surface area contributed by atoms with Gasteiger partial charge in [0.25, 0.3) is 5.91 Å². The van der Waals surface area contributed by atoms with E-state index in [1.807, 2.05) is 31.2 Å². The molecule has 1 aromatic heterocycles. The summed E-state index contributed by atoms with van der Waals surface area (Å²) in [5.41, 5.74) is 7.07. The summed E-state index contributed by atoms with van der Waals surface area (Å²) < 4.78 is 0. The second-order valence-corrected chi connectivity index (χ2v) is 4.53. The third kappa shape index (κ3) is 2.54. The fourth-order valence-electron chi connectivity index (χ4n) is 1.29. The molecule has 0 aliphatic heterocycles. The van der Waals surface area contributed by atoms with E-state index >= 15 is 0 Å². The van der Waals surface area contributed by atoms with E-state index in [0.717, 1.165) is 22.6 Å². The summed E-state index contributed by atoms with van der Waals surface area (Å²) in [6, 6.07) is 7.67. The van der Waals surface area contributed by atoms with Crippen LogP contribution in [0.5, 0.6) is 5.88 Å². The number of aromatic hydroxyl groups is 1. The normalized spacial score (nSPS) is 10.2. The highest BCUT2D eigenvalue weighted by molar-refractivity contribution is 7.17. The zero-order valence-corrected chi connectivity index (χ0v) is 9.91. The maximum atomic E-state index is 10.9. The van der Waals surface area contributed by atoms with Crippen LogP contribution in [-0.4, -0.2) is 16.0 Å². The lowest BCUT2D eigenvalue weighted by Crippen LogP contribution is -2.08. The number of nitrogens with zero attached hydrogens (tertiary/aromatic N) is 1. The van der Waals surface area contributed by atoms with Gasteiger partial charge in [0.15, 0.2) is 10.0 Å². The Kier molecular flexibility index (Phi) is 2.97. The molecule has 2 aromatic rings. The van der Waals surface area contributed by atoms with Gasteiger partial charge in [-0.2, -0.15) is 4.98 Å². The fourth-order valence-corrected chi connectivity index (χ4v) is 2.02. The maximum absolute atomic E-state index is 10.9. The molecule has 1 heterocycles. The van der Waals surface area contributed by atoms with E-state index in [2.05, 4.69) is 10.3 Å². The highest BCUT2D eigenvalue weighted by Crippen LogP contribution is 2.29. The van der Waals surface area contributed by atoms with Crippen LogP contribution in [0.1, 0.15) is 15.2 Å². The first-order valence-corrected chi connectivity index (χ1v) is 5.71. The van der Waals surface area contributed by atoms with Crippen molar-refractivity contribution in [1.29, 1.82) is 0 Å². The van der Waals surface area contributed by atoms with Crippen LogP contribution >= 0.6 is 11.3 Å². The van der Waals surface area contributed by atoms with Gasteiger partial charge in [0.1, 0.15) is 0 Å². The predicted molar refractivity (Wildman–Crippen MR) is 66.8 cm³/mol. The first-order chi connectivity index (χ1) is 8.06. The topological polar surface area (TPSA) is 88.2 Å². The lowest BCUT2D eigenvalue weighted by atomic mass is 10.2. The molecule has 0 spiro atoms. The van der Waals surface area contributed by atoms with Crippen LogP contribution in [0.25, 0.3) is 0 Å². The molecule has 2 rings (SSSR count). The number of aromatic nitrogens is 1. The summed E-state index contributed by atoms with van der Waals surface area (Å²) in [6.07, 6.45) is 0. The van der Waals surface area contributed by atoms with E-state index < -0.39 is 5.91 Å². The van der Waals surface area contributed by atoms with E-state index in [9.17, 15) is 9.90 Å². The number of hydrogen-bond acceptors (Lipinski definition) is 5. The summed E-state index contributed by atoms with van der Waals surface area (Å²) >= 11 is 1.02. The number of aryl methyl sites for hydroxylation is 1. The Bertz CT molecular complexity index is 548. The first-order valence-electron chi connectivity index (χ1n) is 4.89. The largest absolute Gasteiger partial charge is 0.492 e. The molecule has 0 aliphatic carbocycles. The predicted octanol–water partition coefficient (Wildman–Crippen LogP) is 2.00. The summed E-state index contributed by atoms with van der Waals surface area (Å²) in [5.74, 6) is -1.02. The zero-order valence-electron chi connectivity index (χ0n) is 9.10. The Labute approximate surface area is 102 Å². The molecule has 0 unspecified atom stereocenters. The minimum absolute atomic E-state index is 0.0552. The van der Waals surface area contributed by atoms with E-state index in [1.54, 1.807) is 0 Å². The molecule has 0 atom stereocenters. The molecule has 0 bridgehead atoms. The van der Waals surface area contributed by atoms with Gasteiger partial charge in [-0.1, -0.05) is 29.0 Å². The van der Waals surface area contributed by atoms with Crippen molar-refractivity contribution in [1.82, 2.24) is 4.98 Å². The standard InChI is InChI=1S/C11H11N3O2S/c1-6-2-4-7(5-3-6)13-11-14-10(16)8(17-11)9(12)15/h2-5,16H,1H3,(H2,12,15)(H,13,14). The number of carbonyl (C=O) groups is 1. The molecule has 0 radical (unpaired) electrons. The van der Waals surface area contributed by atoms with Gasteiger partial charge in [0, 0.05) is 5.69 Å². The Morgan fingerprint density at radius 3 is 2.59 bits per heavy atom. The van der Waals surface area contributed by atoms with Gasteiger partial charge in [-0.3, -0.25) is 4.79 Å². The van der Waals surface area contributed by atoms with E-state index in [0.29, 0.717) is 5.13 Å². The molecule has 1 amide bonds. The number of anilines is 2. The van der Waals surface area contributed by atoms with Crippen molar-refractivity contribution in [2.45, 2.75) is 6.92 Å². The highest BCUT2D eigenvalue weighted by atomic mass is 32.1. The van der Waals surface area contributed by atoms with Crippen molar-refractivity contribution in [2.75, 3.05) is 5.32 Å². The van der Waals surface area contributed by atoms with Crippen LogP contribution in [0, 0.1) is 6.92 Å². The van der Waals surface area contributed by atoms with Gasteiger partial charge >= 0.3 is 0 Å². The number of nitrogens with two attached hydrogens (primary N) is 1. The minimum atomic E-state index is -0.683. The Hall–Kier alpha value is -2.08. The summed E-state index contributed by atoms with van der Waals surface area (Å²) in [6.45, 7) is 1.99. The Balaban J connectivity index is 2.22. The van der Waals surface area contributed by atoms with E-state index in [4.69, 9.17) is 5.73 Å². The first kappa shape index (κ1) is 11.4. The fraction of sp³-hybridized carbons (Fsp3) is 0.0909. The van der Waals surface area contributed by atoms with Crippen molar-refractivity contribution in [2.24, 2.45) is 5.73 Å². The molecule has 0 saturated carbocycles. The number of thiazole rings is 1. The Morgan fingerprint density at radius 2 is 2.06 bits per heavy atom. The van der Waals surface area contributed by atoms with Crippen LogP contribution in [-0.2, 0) is 0 Å². The minimum Gasteiger partial charge on any atom is -0.492 e. The van der Waals surface area contributed by atoms with E-state index in [1.165, 1.54) is 0 Å². The van der Waals surface area contributed by atoms with Gasteiger partial charge in [-0.15, -0.1) is 0 Å². The van der Waals surface area contributed by atoms with Gasteiger partial charge in [-0.25, -0.2) is 0 Å². The molecule has 17 heavy (non-hydrogen) atoms. The third-order valence-corrected chi connectivity index (χ3v) is 3.11. The highest BCUT2D eigenvalue weighted by Gasteiger charge is 2.14. The lowest BCUT2D eigenvalue weighted by Gasteiger charge is -2.01. The molecule has 0 aliphatic rings. The second-order valence-electron chi connectivity index (χ2n) is 3.53. The number of rotatable bonds is 3. The molecular formula is C11H11N3O2S. The number of nitrogens with one attached hydrogen (secondary N) is 1. The van der Waals surface area contributed by atoms with Gasteiger partial charge < -0.3 is 16.2 Å². The summed E-state index contributed by atoms with van der Waals surface area (Å²) in [5, 5.41) is 12.8. The second kappa shape index (κ2) is 4.42. The third-order valence-electron chi connectivity index (χ3n) is 2.14. The van der Waals surface area contributed by atoms with E-state index in [-0.39, 0.29) is 10.8 Å². The molecular weight excluding hydrogens is 238 g/mol. The molecule has 0 saturated heterocycles. The van der Waals surface area contributed by atoms with Crippen molar-refractivity contribution in [3.8, 4) is 5.88 Å². The zero-order chi connectivity index (χ0) is 12.4. The number of hydrogen-bond donors (Lipinski definition) is 3. The van der Waals surface area contributed by atoms with Crippen LogP contribution in [0.15, 0.2) is 24.3 Å². The van der Waals surface area contributed by atoms with Gasteiger partial charge in [-0.05, 0) is 19.1 Å². The van der Waals surface area contributed by atoms with Crippen molar-refractivity contribution >= 4 is 28.1 Å². The molecule has 1 aromatic carbocycles. The van der Waals surface area contributed by atoms with Crippen LogP contribution in [0.4, 0.5) is 10.8 Å². The van der Waals surface area contributed by atoms with Crippen molar-refractivity contribution < 1.29 is 9.90 Å². The summed E-state index contributed by atoms with van der Waals surface area (Å²) in [7, 11) is 0. The molecule has 0 fully saturated rings.